The first-order valence-electron chi connectivity index (χ1n) is 11.6. The molecule has 0 bridgehead atoms. The van der Waals surface area contributed by atoms with Crippen LogP contribution in [0, 0.1) is 0 Å². The predicted octanol–water partition coefficient (Wildman–Crippen LogP) is 6.52. The number of benzene rings is 3. The Balaban J connectivity index is 1.93. The first-order valence-corrected chi connectivity index (χ1v) is 12.0. The second kappa shape index (κ2) is 9.94. The molecule has 0 radical (unpaired) electrons. The zero-order valence-electron chi connectivity index (χ0n) is 20.0. The lowest BCUT2D eigenvalue weighted by atomic mass is 9.84. The number of rotatable bonds is 5. The summed E-state index contributed by atoms with van der Waals surface area (Å²) >= 11 is 6.30. The highest BCUT2D eigenvalue weighted by atomic mass is 35.5. The van der Waals surface area contributed by atoms with E-state index >= 15 is 0 Å². The van der Waals surface area contributed by atoms with Crippen molar-refractivity contribution in [2.75, 3.05) is 0 Å². The fourth-order valence-electron chi connectivity index (χ4n) is 4.55. The summed E-state index contributed by atoms with van der Waals surface area (Å²) < 4.78 is 87.7. The predicted molar refractivity (Wildman–Crippen MR) is 135 cm³/mol. The van der Waals surface area contributed by atoms with Crippen molar-refractivity contribution >= 4 is 11.6 Å². The van der Waals surface area contributed by atoms with Gasteiger partial charge in [0.2, 0.25) is 0 Å². The highest BCUT2D eigenvalue weighted by Gasteiger charge is 2.47. The minimum Gasteiger partial charge on any atom is -0.286 e. The molecule has 6 nitrogen and oxygen atoms in total. The number of nitrogens with one attached hydrogen (secondary N) is 2. The number of hydrogen-bond donors (Lipinski definition) is 2. The SMILES string of the molecule is O=c1c(C(c2ccccc2Cl)c2c(C(F)(F)F)[nH]n(-c3ccccc3)c2=O)c(C(F)(F)F)[nH]n1-c1ccccc1. The summed E-state index contributed by atoms with van der Waals surface area (Å²) in [6.07, 6.45) is -10.4. The van der Waals surface area contributed by atoms with Crippen molar-refractivity contribution in [3.05, 3.63) is 139 Å². The van der Waals surface area contributed by atoms with Crippen molar-refractivity contribution in [2.45, 2.75) is 18.3 Å². The van der Waals surface area contributed by atoms with Gasteiger partial charge < -0.3 is 0 Å². The smallest absolute Gasteiger partial charge is 0.286 e. The number of H-pyrrole nitrogens is 2. The van der Waals surface area contributed by atoms with E-state index in [4.69, 9.17) is 11.6 Å². The monoisotopic (exact) mass is 578 g/mol. The minimum atomic E-state index is -5.22. The Labute approximate surface area is 226 Å². The molecule has 0 unspecified atom stereocenters. The van der Waals surface area contributed by atoms with Crippen LogP contribution >= 0.6 is 11.6 Å². The third-order valence-corrected chi connectivity index (χ3v) is 6.59. The first kappa shape index (κ1) is 27.1. The van der Waals surface area contributed by atoms with E-state index in [1.807, 2.05) is 10.2 Å². The van der Waals surface area contributed by atoms with Gasteiger partial charge in [0.25, 0.3) is 11.1 Å². The number of alkyl halides is 6. The van der Waals surface area contributed by atoms with E-state index in [1.54, 1.807) is 12.1 Å². The van der Waals surface area contributed by atoms with Gasteiger partial charge in [-0.1, -0.05) is 66.2 Å². The summed E-state index contributed by atoms with van der Waals surface area (Å²) in [6, 6.07) is 19.5. The van der Waals surface area contributed by atoms with Crippen LogP contribution < -0.4 is 11.1 Å². The average Bonchev–Trinajstić information content (AvgIpc) is 3.44. The van der Waals surface area contributed by atoms with Crippen LogP contribution in [0.25, 0.3) is 11.4 Å². The molecule has 206 valence electrons. The zero-order valence-corrected chi connectivity index (χ0v) is 20.8. The van der Waals surface area contributed by atoms with Gasteiger partial charge in [-0.25, -0.2) is 9.36 Å². The molecule has 40 heavy (non-hydrogen) atoms. The van der Waals surface area contributed by atoms with E-state index in [-0.39, 0.29) is 22.0 Å². The summed E-state index contributed by atoms with van der Waals surface area (Å²) in [6.45, 7) is 0. The van der Waals surface area contributed by atoms with Gasteiger partial charge in [-0.15, -0.1) is 0 Å². The molecule has 0 saturated heterocycles. The van der Waals surface area contributed by atoms with Gasteiger partial charge >= 0.3 is 12.4 Å². The van der Waals surface area contributed by atoms with Crippen LogP contribution in [0.5, 0.6) is 0 Å². The number of halogens is 7. The number of nitrogens with zero attached hydrogens (tertiary/aromatic N) is 2. The topological polar surface area (TPSA) is 75.6 Å². The number of hydrogen-bond acceptors (Lipinski definition) is 2. The third kappa shape index (κ3) is 4.75. The van der Waals surface area contributed by atoms with Crippen LogP contribution in [0.1, 0.15) is 34.0 Å². The van der Waals surface area contributed by atoms with Gasteiger partial charge in [0.1, 0.15) is 11.4 Å². The molecule has 0 saturated carbocycles. The third-order valence-electron chi connectivity index (χ3n) is 6.24. The maximum Gasteiger partial charge on any atom is 0.433 e. The second-order valence-electron chi connectivity index (χ2n) is 8.70. The van der Waals surface area contributed by atoms with E-state index in [1.165, 1.54) is 72.8 Å². The highest BCUT2D eigenvalue weighted by molar-refractivity contribution is 6.31. The summed E-state index contributed by atoms with van der Waals surface area (Å²) in [4.78, 5) is 27.3. The normalized spacial score (nSPS) is 12.3. The molecule has 2 aromatic heterocycles. The summed E-state index contributed by atoms with van der Waals surface area (Å²) in [7, 11) is 0. The molecule has 5 rings (SSSR count). The molecular weight excluding hydrogens is 562 g/mol. The van der Waals surface area contributed by atoms with Gasteiger partial charge in [0.05, 0.1) is 28.4 Å². The lowest BCUT2D eigenvalue weighted by Gasteiger charge is -2.19. The molecule has 0 atom stereocenters. The zero-order chi connectivity index (χ0) is 28.8. The van der Waals surface area contributed by atoms with Gasteiger partial charge in [-0.2, -0.15) is 26.3 Å². The summed E-state index contributed by atoms with van der Waals surface area (Å²) in [5.74, 6) is -2.16. The average molecular weight is 579 g/mol. The molecule has 13 heteroatoms. The molecule has 2 N–H and O–H groups in total. The molecule has 0 fully saturated rings. The standard InChI is InChI=1S/C27H17ClF6N4O2/c28-18-14-8-7-13-17(18)19(20-22(26(29,30)31)35-37(24(20)39)15-9-3-1-4-10-15)21-23(27(32,33)34)36-38(25(21)40)16-11-5-2-6-12-16/h1-14,19,35-36H. The van der Waals surface area contributed by atoms with Crippen LogP contribution in [0.4, 0.5) is 26.3 Å². The number of para-hydroxylation sites is 2. The number of aromatic nitrogens is 4. The van der Waals surface area contributed by atoms with Crippen LogP contribution in [0.2, 0.25) is 5.02 Å². The molecule has 0 amide bonds. The van der Waals surface area contributed by atoms with Crippen molar-refractivity contribution in [2.24, 2.45) is 0 Å². The minimum absolute atomic E-state index is 0.00558. The quantitative estimate of drug-likeness (QED) is 0.233. The summed E-state index contributed by atoms with van der Waals surface area (Å²) in [5, 5.41) is 3.75. The molecule has 0 aliphatic rings. The maximum absolute atomic E-state index is 14.4. The maximum atomic E-state index is 14.4. The van der Waals surface area contributed by atoms with Crippen molar-refractivity contribution < 1.29 is 26.3 Å². The van der Waals surface area contributed by atoms with Gasteiger partial charge in [-0.05, 0) is 35.9 Å². The van der Waals surface area contributed by atoms with Crippen LogP contribution in [-0.2, 0) is 12.4 Å². The van der Waals surface area contributed by atoms with E-state index in [2.05, 4.69) is 0 Å². The van der Waals surface area contributed by atoms with E-state index < -0.39 is 51.9 Å². The lowest BCUT2D eigenvalue weighted by molar-refractivity contribution is -0.142. The molecule has 0 aliphatic carbocycles. The van der Waals surface area contributed by atoms with E-state index in [0.29, 0.717) is 9.36 Å². The molecule has 3 aromatic carbocycles. The van der Waals surface area contributed by atoms with Crippen molar-refractivity contribution in [1.82, 2.24) is 19.6 Å². The van der Waals surface area contributed by atoms with E-state index in [9.17, 15) is 35.9 Å². The van der Waals surface area contributed by atoms with Crippen molar-refractivity contribution in [3.63, 3.8) is 0 Å². The first-order chi connectivity index (χ1) is 18.9. The molecule has 2 heterocycles. The molecule has 0 spiro atoms. The molecule has 5 aromatic rings. The Hall–Kier alpha value is -4.45. The van der Waals surface area contributed by atoms with Crippen molar-refractivity contribution in [1.29, 1.82) is 0 Å². The lowest BCUT2D eigenvalue weighted by Crippen LogP contribution is -2.27. The fraction of sp³-hybridized carbons (Fsp3) is 0.111. The van der Waals surface area contributed by atoms with Gasteiger partial charge in [0, 0.05) is 5.02 Å². The molecular formula is C27H17ClF6N4O2. The second-order valence-corrected chi connectivity index (χ2v) is 9.11. The van der Waals surface area contributed by atoms with Crippen molar-refractivity contribution in [3.8, 4) is 11.4 Å². The number of aromatic amines is 2. The Morgan fingerprint density at radius 1 is 0.600 bits per heavy atom. The van der Waals surface area contributed by atoms with Crippen LogP contribution in [0.3, 0.4) is 0 Å². The Morgan fingerprint density at radius 3 is 1.35 bits per heavy atom. The van der Waals surface area contributed by atoms with Crippen LogP contribution in [0.15, 0.2) is 94.5 Å². The van der Waals surface area contributed by atoms with Crippen LogP contribution in [-0.4, -0.2) is 19.6 Å². The largest absolute Gasteiger partial charge is 0.433 e. The Bertz CT molecular complexity index is 1670. The fourth-order valence-corrected chi connectivity index (χ4v) is 4.80. The molecule has 0 aliphatic heterocycles. The summed E-state index contributed by atoms with van der Waals surface area (Å²) in [5.41, 5.74) is -8.39. The highest BCUT2D eigenvalue weighted by Crippen LogP contribution is 2.43. The Morgan fingerprint density at radius 2 is 0.975 bits per heavy atom. The van der Waals surface area contributed by atoms with Gasteiger partial charge in [-0.3, -0.25) is 19.8 Å². The Kier molecular flexibility index (Phi) is 6.74. The van der Waals surface area contributed by atoms with Gasteiger partial charge in [0.15, 0.2) is 0 Å². The van der Waals surface area contributed by atoms with E-state index in [0.717, 1.165) is 0 Å².